The van der Waals surface area contributed by atoms with Gasteiger partial charge in [0, 0.05) is 0 Å². The smallest absolute Gasteiger partial charge is 0.306 e. The molecule has 0 saturated heterocycles. The minimum Gasteiger partial charge on any atom is -0.481 e. The molecule has 0 bridgehead atoms. The van der Waals surface area contributed by atoms with E-state index >= 15 is 0 Å². The van der Waals surface area contributed by atoms with Crippen LogP contribution in [0.4, 0.5) is 0 Å². The third-order valence-corrected chi connectivity index (χ3v) is 3.77. The number of esters is 1. The third kappa shape index (κ3) is 9.48. The second kappa shape index (κ2) is 11.6. The number of carbonyl (C=O) groups excluding carboxylic acids is 1. The van der Waals surface area contributed by atoms with Crippen LogP contribution in [0.25, 0.3) is 0 Å². The van der Waals surface area contributed by atoms with Gasteiger partial charge in [-0.15, -0.1) is 0 Å². The van der Waals surface area contributed by atoms with Gasteiger partial charge in [0.1, 0.15) is 5.60 Å². The van der Waals surface area contributed by atoms with Crippen LogP contribution in [0.2, 0.25) is 0 Å². The predicted octanol–water partition coefficient (Wildman–Crippen LogP) is 4.70. The number of hydrogen-bond donors (Lipinski definition) is 1. The Bertz CT molecular complexity index is 293. The number of aliphatic carboxylic acids is 1. The van der Waals surface area contributed by atoms with Crippen LogP contribution < -0.4 is 0 Å². The van der Waals surface area contributed by atoms with E-state index in [0.717, 1.165) is 38.5 Å². The Labute approximate surface area is 129 Å². The van der Waals surface area contributed by atoms with Crippen LogP contribution in [0.3, 0.4) is 0 Å². The van der Waals surface area contributed by atoms with Crippen molar-refractivity contribution in [2.24, 2.45) is 0 Å². The zero-order valence-corrected chi connectivity index (χ0v) is 14.0. The molecule has 0 aliphatic carbocycles. The van der Waals surface area contributed by atoms with Crippen LogP contribution in [0.15, 0.2) is 0 Å². The van der Waals surface area contributed by atoms with Gasteiger partial charge in [-0.1, -0.05) is 52.9 Å². The summed E-state index contributed by atoms with van der Waals surface area (Å²) in [4.78, 5) is 22.5. The van der Waals surface area contributed by atoms with E-state index in [-0.39, 0.29) is 24.4 Å². The van der Waals surface area contributed by atoms with E-state index in [1.807, 2.05) is 0 Å². The molecule has 21 heavy (non-hydrogen) atoms. The normalized spacial score (nSPS) is 11.4. The van der Waals surface area contributed by atoms with Gasteiger partial charge in [0.2, 0.25) is 0 Å². The number of carboxylic acid groups (broad SMARTS) is 1. The van der Waals surface area contributed by atoms with Gasteiger partial charge < -0.3 is 9.84 Å². The minimum atomic E-state index is -0.952. The van der Waals surface area contributed by atoms with Crippen LogP contribution in [-0.2, 0) is 14.3 Å². The van der Waals surface area contributed by atoms with E-state index in [1.165, 1.54) is 19.3 Å². The fourth-order valence-electron chi connectivity index (χ4n) is 2.81. The highest BCUT2D eigenvalue weighted by Gasteiger charge is 2.32. The number of carbonyl (C=O) groups is 2. The van der Waals surface area contributed by atoms with Crippen molar-refractivity contribution in [1.29, 1.82) is 0 Å². The Morgan fingerprint density at radius 2 is 1.48 bits per heavy atom. The van der Waals surface area contributed by atoms with Crippen LogP contribution in [0.5, 0.6) is 0 Å². The van der Waals surface area contributed by atoms with Gasteiger partial charge in [-0.2, -0.15) is 0 Å². The summed E-state index contributed by atoms with van der Waals surface area (Å²) in [5.74, 6) is -1.32. The maximum Gasteiger partial charge on any atom is 0.306 e. The molecule has 0 aromatic carbocycles. The zero-order valence-electron chi connectivity index (χ0n) is 14.0. The van der Waals surface area contributed by atoms with Crippen LogP contribution in [0.1, 0.15) is 91.4 Å². The summed E-state index contributed by atoms with van der Waals surface area (Å²) in [6, 6.07) is 0. The molecule has 0 aliphatic rings. The van der Waals surface area contributed by atoms with E-state index < -0.39 is 5.97 Å². The Morgan fingerprint density at radius 3 is 1.95 bits per heavy atom. The van der Waals surface area contributed by atoms with Gasteiger partial charge in [-0.05, 0) is 25.7 Å². The molecule has 0 heterocycles. The lowest BCUT2D eigenvalue weighted by molar-refractivity contribution is -0.164. The average Bonchev–Trinajstić information content (AvgIpc) is 2.42. The number of ether oxygens (including phenoxy) is 1. The van der Waals surface area contributed by atoms with E-state index in [4.69, 9.17) is 9.84 Å². The first-order chi connectivity index (χ1) is 9.99. The Balaban J connectivity index is 4.58. The summed E-state index contributed by atoms with van der Waals surface area (Å²) in [5.41, 5.74) is -0.382. The molecule has 0 spiro atoms. The molecular formula is C17H32O4. The number of carboxylic acids is 1. The largest absolute Gasteiger partial charge is 0.481 e. The molecule has 0 rings (SSSR count). The Hall–Kier alpha value is -1.06. The van der Waals surface area contributed by atoms with Gasteiger partial charge in [-0.25, -0.2) is 0 Å². The number of rotatable bonds is 13. The molecular weight excluding hydrogens is 268 g/mol. The van der Waals surface area contributed by atoms with Crippen LogP contribution >= 0.6 is 0 Å². The lowest BCUT2D eigenvalue weighted by Gasteiger charge is -2.33. The van der Waals surface area contributed by atoms with Gasteiger partial charge in [0.15, 0.2) is 0 Å². The average molecular weight is 300 g/mol. The maximum absolute atomic E-state index is 11.9. The first-order valence-electron chi connectivity index (χ1n) is 8.43. The molecule has 0 radical (unpaired) electrons. The number of unbranched alkanes of at least 4 members (excludes halogenated alkanes) is 3. The summed E-state index contributed by atoms with van der Waals surface area (Å²) in [7, 11) is 0. The van der Waals surface area contributed by atoms with Crippen LogP contribution in [0, 0.1) is 0 Å². The molecule has 124 valence electrons. The van der Waals surface area contributed by atoms with Gasteiger partial charge >= 0.3 is 11.9 Å². The van der Waals surface area contributed by atoms with E-state index in [1.54, 1.807) is 0 Å². The lowest BCUT2D eigenvalue weighted by Crippen LogP contribution is -2.35. The second-order valence-corrected chi connectivity index (χ2v) is 5.86. The summed E-state index contributed by atoms with van der Waals surface area (Å²) in [6.07, 6.45) is 9.03. The standard InChI is InChI=1S/C17H32O4/c1-4-7-8-9-14-17(12-5-2,13-6-3)21-16(20)11-10-15(18)19/h4-14H2,1-3H3,(H,18,19). The third-order valence-electron chi connectivity index (χ3n) is 3.77. The van der Waals surface area contributed by atoms with Crippen molar-refractivity contribution in [3.05, 3.63) is 0 Å². The van der Waals surface area contributed by atoms with Crippen LogP contribution in [-0.4, -0.2) is 22.6 Å². The molecule has 4 nitrogen and oxygen atoms in total. The molecule has 4 heteroatoms. The summed E-state index contributed by atoms with van der Waals surface area (Å²) < 4.78 is 5.75. The minimum absolute atomic E-state index is 0.0283. The van der Waals surface area contributed by atoms with Crippen molar-refractivity contribution in [2.45, 2.75) is 97.0 Å². The number of hydrogen-bond acceptors (Lipinski definition) is 3. The van der Waals surface area contributed by atoms with E-state index in [2.05, 4.69) is 20.8 Å². The highest BCUT2D eigenvalue weighted by atomic mass is 16.6. The van der Waals surface area contributed by atoms with E-state index in [9.17, 15) is 9.59 Å². The van der Waals surface area contributed by atoms with Crippen molar-refractivity contribution in [3.8, 4) is 0 Å². The fourth-order valence-corrected chi connectivity index (χ4v) is 2.81. The molecule has 0 saturated carbocycles. The predicted molar refractivity (Wildman–Crippen MR) is 84.3 cm³/mol. The van der Waals surface area contributed by atoms with Gasteiger partial charge in [0.25, 0.3) is 0 Å². The molecule has 0 amide bonds. The van der Waals surface area contributed by atoms with Crippen molar-refractivity contribution in [1.82, 2.24) is 0 Å². The monoisotopic (exact) mass is 300 g/mol. The SMILES string of the molecule is CCCCCCC(CCC)(CCC)OC(=O)CCC(=O)O. The molecule has 0 aliphatic heterocycles. The maximum atomic E-state index is 11.9. The fraction of sp³-hybridized carbons (Fsp3) is 0.882. The topological polar surface area (TPSA) is 63.6 Å². The molecule has 0 aromatic heterocycles. The van der Waals surface area contributed by atoms with Gasteiger partial charge in [-0.3, -0.25) is 9.59 Å². The summed E-state index contributed by atoms with van der Waals surface area (Å²) in [5, 5.41) is 8.66. The summed E-state index contributed by atoms with van der Waals surface area (Å²) in [6.45, 7) is 6.38. The Morgan fingerprint density at radius 1 is 0.857 bits per heavy atom. The van der Waals surface area contributed by atoms with E-state index in [0.29, 0.717) is 0 Å². The van der Waals surface area contributed by atoms with Gasteiger partial charge in [0.05, 0.1) is 12.8 Å². The first-order valence-corrected chi connectivity index (χ1v) is 8.43. The highest BCUT2D eigenvalue weighted by Crippen LogP contribution is 2.31. The molecule has 0 aromatic rings. The first kappa shape index (κ1) is 19.9. The quantitative estimate of drug-likeness (QED) is 0.395. The van der Waals surface area contributed by atoms with Crippen molar-refractivity contribution < 1.29 is 19.4 Å². The lowest BCUT2D eigenvalue weighted by atomic mass is 9.86. The molecule has 0 unspecified atom stereocenters. The second-order valence-electron chi connectivity index (χ2n) is 5.86. The highest BCUT2D eigenvalue weighted by molar-refractivity contribution is 5.76. The molecule has 0 fully saturated rings. The zero-order chi connectivity index (χ0) is 16.1. The Kier molecular flexibility index (Phi) is 11.0. The summed E-state index contributed by atoms with van der Waals surface area (Å²) >= 11 is 0. The van der Waals surface area contributed by atoms with Crippen molar-refractivity contribution in [2.75, 3.05) is 0 Å². The van der Waals surface area contributed by atoms with Crippen molar-refractivity contribution in [3.63, 3.8) is 0 Å². The van der Waals surface area contributed by atoms with Crippen molar-refractivity contribution >= 4 is 11.9 Å². The molecule has 1 N–H and O–H groups in total. The molecule has 0 atom stereocenters.